The van der Waals surface area contributed by atoms with E-state index in [1.165, 1.54) is 16.2 Å². The van der Waals surface area contributed by atoms with Gasteiger partial charge < -0.3 is 10.4 Å². The number of hydrogen-bond donors (Lipinski definition) is 2. The van der Waals surface area contributed by atoms with Crippen LogP contribution in [0.3, 0.4) is 0 Å². The maximum Gasteiger partial charge on any atom is 0.262 e. The number of nitrogens with zero attached hydrogens (tertiary/aromatic N) is 2. The molecule has 1 amide bonds. The lowest BCUT2D eigenvalue weighted by atomic mass is 10.1. The predicted molar refractivity (Wildman–Crippen MR) is 146 cm³/mol. The van der Waals surface area contributed by atoms with Gasteiger partial charge in [0.1, 0.15) is 0 Å². The highest BCUT2D eigenvalue weighted by Crippen LogP contribution is 2.32. The SMILES string of the molecule is Cc1ccc(-c2csc(NC(=O)Cc3c(C)n(C(=O)c4ccc(Cl)cc4)c4ccc(CO)cc34)n2)s1. The first-order chi connectivity index (χ1) is 17.3. The van der Waals surface area contributed by atoms with Crippen LogP contribution in [-0.4, -0.2) is 26.5 Å². The van der Waals surface area contributed by atoms with E-state index in [1.807, 2.05) is 37.4 Å². The van der Waals surface area contributed by atoms with Crippen molar-refractivity contribution in [3.8, 4) is 10.6 Å². The molecule has 36 heavy (non-hydrogen) atoms. The zero-order valence-corrected chi connectivity index (χ0v) is 21.9. The van der Waals surface area contributed by atoms with E-state index in [2.05, 4.69) is 10.3 Å². The molecular weight excluding hydrogens is 514 g/mol. The van der Waals surface area contributed by atoms with Crippen molar-refractivity contribution in [3.63, 3.8) is 0 Å². The fraction of sp³-hybridized carbons (Fsp3) is 0.148. The monoisotopic (exact) mass is 535 g/mol. The summed E-state index contributed by atoms with van der Waals surface area (Å²) in [5, 5.41) is 16.3. The highest BCUT2D eigenvalue weighted by molar-refractivity contribution is 7.17. The molecule has 5 rings (SSSR count). The summed E-state index contributed by atoms with van der Waals surface area (Å²) in [6.45, 7) is 3.73. The van der Waals surface area contributed by atoms with Crippen molar-refractivity contribution in [1.82, 2.24) is 9.55 Å². The third-order valence-corrected chi connectivity index (χ3v) is 7.99. The maximum absolute atomic E-state index is 13.4. The van der Waals surface area contributed by atoms with Gasteiger partial charge in [-0.25, -0.2) is 4.98 Å². The normalized spacial score (nSPS) is 11.2. The van der Waals surface area contributed by atoms with Crippen molar-refractivity contribution in [1.29, 1.82) is 0 Å². The molecule has 0 unspecified atom stereocenters. The smallest absolute Gasteiger partial charge is 0.262 e. The third kappa shape index (κ3) is 4.73. The summed E-state index contributed by atoms with van der Waals surface area (Å²) < 4.78 is 1.61. The van der Waals surface area contributed by atoms with Crippen LogP contribution in [0.25, 0.3) is 21.5 Å². The van der Waals surface area contributed by atoms with Gasteiger partial charge in [-0.1, -0.05) is 17.7 Å². The van der Waals surface area contributed by atoms with Gasteiger partial charge in [-0.05, 0) is 73.5 Å². The summed E-state index contributed by atoms with van der Waals surface area (Å²) in [4.78, 5) is 33.3. The number of anilines is 1. The first kappa shape index (κ1) is 24.4. The van der Waals surface area contributed by atoms with E-state index in [9.17, 15) is 14.7 Å². The Labute approximate surface area is 220 Å². The van der Waals surface area contributed by atoms with Crippen LogP contribution in [0.2, 0.25) is 5.02 Å². The standard InChI is InChI=1S/C27H22ClN3O3S2/c1-15-3-10-24(36-15)22-14-35-27(29-22)30-25(33)12-20-16(2)31(23-9-4-17(13-32)11-21(20)23)26(34)18-5-7-19(28)8-6-18/h3-11,14,32H,12-13H2,1-2H3,(H,29,30,33). The van der Waals surface area contributed by atoms with Crippen LogP contribution in [-0.2, 0) is 17.8 Å². The van der Waals surface area contributed by atoms with Crippen molar-refractivity contribution >= 4 is 62.1 Å². The molecule has 0 atom stereocenters. The third-order valence-electron chi connectivity index (χ3n) is 5.96. The van der Waals surface area contributed by atoms with Crippen molar-refractivity contribution < 1.29 is 14.7 Å². The Kier molecular flexibility index (Phi) is 6.77. The summed E-state index contributed by atoms with van der Waals surface area (Å²) in [6, 6.07) is 16.2. The second-order valence-corrected chi connectivity index (χ2v) is 11.0. The molecule has 0 radical (unpaired) electrons. The summed E-state index contributed by atoms with van der Waals surface area (Å²) in [5.74, 6) is -0.442. The second-order valence-electron chi connectivity index (χ2n) is 8.39. The van der Waals surface area contributed by atoms with E-state index < -0.39 is 0 Å². The Bertz CT molecular complexity index is 1600. The molecule has 0 bridgehead atoms. The number of carbonyl (C=O) groups is 2. The Balaban J connectivity index is 1.47. The molecular formula is C27H22ClN3O3S2. The Morgan fingerprint density at radius 1 is 1.08 bits per heavy atom. The number of aromatic nitrogens is 2. The summed E-state index contributed by atoms with van der Waals surface area (Å²) in [6.07, 6.45) is 0.0607. The number of aliphatic hydroxyl groups excluding tert-OH is 1. The molecule has 0 saturated carbocycles. The molecule has 0 aliphatic rings. The van der Waals surface area contributed by atoms with Crippen LogP contribution < -0.4 is 5.32 Å². The molecule has 0 saturated heterocycles. The van der Waals surface area contributed by atoms with Gasteiger partial charge in [-0.15, -0.1) is 22.7 Å². The van der Waals surface area contributed by atoms with E-state index in [1.54, 1.807) is 52.3 Å². The number of nitrogens with one attached hydrogen (secondary N) is 1. The zero-order chi connectivity index (χ0) is 25.4. The minimum atomic E-state index is -0.228. The van der Waals surface area contributed by atoms with Gasteiger partial charge in [0.2, 0.25) is 5.91 Å². The minimum absolute atomic E-state index is 0.0607. The molecule has 9 heteroatoms. The van der Waals surface area contributed by atoms with Gasteiger partial charge in [0.05, 0.1) is 29.1 Å². The van der Waals surface area contributed by atoms with E-state index in [0.29, 0.717) is 32.5 Å². The molecule has 0 aliphatic carbocycles. The average Bonchev–Trinajstić information content (AvgIpc) is 3.57. The summed E-state index contributed by atoms with van der Waals surface area (Å²) in [5.41, 5.74) is 4.10. The van der Waals surface area contributed by atoms with Crippen molar-refractivity contribution in [2.75, 3.05) is 5.32 Å². The average molecular weight is 536 g/mol. The lowest BCUT2D eigenvalue weighted by Gasteiger charge is -2.08. The molecule has 2 aromatic carbocycles. The van der Waals surface area contributed by atoms with E-state index in [0.717, 1.165) is 21.5 Å². The van der Waals surface area contributed by atoms with Gasteiger partial charge in [0.15, 0.2) is 5.13 Å². The van der Waals surface area contributed by atoms with Crippen molar-refractivity contribution in [2.24, 2.45) is 0 Å². The van der Waals surface area contributed by atoms with Gasteiger partial charge in [-0.3, -0.25) is 14.2 Å². The Hall–Kier alpha value is -3.30. The fourth-order valence-corrected chi connectivity index (χ4v) is 5.93. The molecule has 182 valence electrons. The number of rotatable bonds is 6. The van der Waals surface area contributed by atoms with E-state index in [4.69, 9.17) is 11.6 Å². The molecule has 5 aromatic rings. The molecule has 3 aromatic heterocycles. The largest absolute Gasteiger partial charge is 0.392 e. The van der Waals surface area contributed by atoms with Crippen LogP contribution in [0, 0.1) is 13.8 Å². The number of thiophene rings is 1. The number of aryl methyl sites for hydroxylation is 1. The number of thiazole rings is 1. The molecule has 3 heterocycles. The van der Waals surface area contributed by atoms with Crippen molar-refractivity contribution in [3.05, 3.63) is 92.3 Å². The van der Waals surface area contributed by atoms with Crippen LogP contribution in [0.5, 0.6) is 0 Å². The van der Waals surface area contributed by atoms with Crippen LogP contribution >= 0.6 is 34.3 Å². The number of fused-ring (bicyclic) bond motifs is 1. The topological polar surface area (TPSA) is 84.2 Å². The first-order valence-corrected chi connectivity index (χ1v) is 13.3. The Morgan fingerprint density at radius 3 is 2.56 bits per heavy atom. The predicted octanol–water partition coefficient (Wildman–Crippen LogP) is 6.46. The number of benzene rings is 2. The number of aliphatic hydroxyl groups is 1. The van der Waals surface area contributed by atoms with Gasteiger partial charge >= 0.3 is 0 Å². The Morgan fingerprint density at radius 2 is 1.86 bits per heavy atom. The summed E-state index contributed by atoms with van der Waals surface area (Å²) >= 11 is 9.03. The molecule has 0 aliphatic heterocycles. The molecule has 0 fully saturated rings. The highest BCUT2D eigenvalue weighted by atomic mass is 35.5. The van der Waals surface area contributed by atoms with Gasteiger partial charge in [0.25, 0.3) is 5.91 Å². The molecule has 6 nitrogen and oxygen atoms in total. The highest BCUT2D eigenvalue weighted by Gasteiger charge is 2.22. The fourth-order valence-electron chi connectivity index (χ4n) is 4.18. The van der Waals surface area contributed by atoms with Crippen LogP contribution in [0.1, 0.15) is 32.1 Å². The zero-order valence-electron chi connectivity index (χ0n) is 19.5. The number of carbonyl (C=O) groups excluding carboxylic acids is 2. The quantitative estimate of drug-likeness (QED) is 0.261. The lowest BCUT2D eigenvalue weighted by molar-refractivity contribution is -0.115. The van der Waals surface area contributed by atoms with Crippen LogP contribution in [0.4, 0.5) is 5.13 Å². The maximum atomic E-state index is 13.4. The minimum Gasteiger partial charge on any atom is -0.392 e. The van der Waals surface area contributed by atoms with E-state index >= 15 is 0 Å². The van der Waals surface area contributed by atoms with Crippen molar-refractivity contribution in [2.45, 2.75) is 26.9 Å². The molecule has 2 N–H and O–H groups in total. The summed E-state index contributed by atoms with van der Waals surface area (Å²) in [7, 11) is 0. The van der Waals surface area contributed by atoms with Gasteiger partial charge in [-0.2, -0.15) is 0 Å². The van der Waals surface area contributed by atoms with Crippen LogP contribution in [0.15, 0.2) is 60.0 Å². The second kappa shape index (κ2) is 9.99. The van der Waals surface area contributed by atoms with E-state index in [-0.39, 0.29) is 24.8 Å². The number of amides is 1. The first-order valence-electron chi connectivity index (χ1n) is 11.2. The number of hydrogen-bond acceptors (Lipinski definition) is 6. The molecule has 0 spiro atoms. The lowest BCUT2D eigenvalue weighted by Crippen LogP contribution is -2.16. The van der Waals surface area contributed by atoms with Gasteiger partial charge in [0, 0.05) is 31.9 Å². The number of halogens is 1.